The second-order valence-corrected chi connectivity index (χ2v) is 4.54. The molecule has 0 aliphatic carbocycles. The van der Waals surface area contributed by atoms with Gasteiger partial charge in [0.2, 0.25) is 0 Å². The van der Waals surface area contributed by atoms with Crippen LogP contribution < -0.4 is 21.9 Å². The van der Waals surface area contributed by atoms with Gasteiger partial charge in [-0.05, 0) is 25.2 Å². The molecule has 6 nitrogen and oxygen atoms in total. The van der Waals surface area contributed by atoms with Gasteiger partial charge in [0.25, 0.3) is 5.91 Å². The van der Waals surface area contributed by atoms with Crippen molar-refractivity contribution >= 4 is 17.3 Å². The van der Waals surface area contributed by atoms with Crippen LogP contribution in [0.5, 0.6) is 0 Å². The molecule has 18 heavy (non-hydrogen) atoms. The van der Waals surface area contributed by atoms with E-state index in [1.807, 2.05) is 6.07 Å². The van der Waals surface area contributed by atoms with E-state index in [9.17, 15) is 4.79 Å². The number of rotatable bonds is 2. The smallest absolute Gasteiger partial charge is 0.267 e. The van der Waals surface area contributed by atoms with E-state index in [0.717, 1.165) is 31.9 Å². The molecule has 1 aromatic carbocycles. The normalized spacial score (nSPS) is 16.7. The molecule has 1 fully saturated rings. The predicted molar refractivity (Wildman–Crippen MR) is 72.2 cm³/mol. The van der Waals surface area contributed by atoms with Gasteiger partial charge in [-0.1, -0.05) is 0 Å². The Bertz CT molecular complexity index is 440. The lowest BCUT2D eigenvalue weighted by molar-refractivity contribution is 0.0954. The van der Waals surface area contributed by atoms with Crippen LogP contribution in [0.4, 0.5) is 11.4 Å². The van der Waals surface area contributed by atoms with E-state index in [1.54, 1.807) is 12.1 Å². The van der Waals surface area contributed by atoms with Crippen molar-refractivity contribution in [1.29, 1.82) is 0 Å². The van der Waals surface area contributed by atoms with Gasteiger partial charge < -0.3 is 15.5 Å². The first-order valence-electron chi connectivity index (χ1n) is 5.96. The SMILES string of the molecule is CN1CCN(c2ccc(N)c(C(=O)NN)c2)CC1. The van der Waals surface area contributed by atoms with Gasteiger partial charge in [0.1, 0.15) is 0 Å². The number of nitrogens with zero attached hydrogens (tertiary/aromatic N) is 2. The number of hydrogen-bond acceptors (Lipinski definition) is 5. The van der Waals surface area contributed by atoms with Crippen LogP contribution in [0.3, 0.4) is 0 Å². The largest absolute Gasteiger partial charge is 0.398 e. The van der Waals surface area contributed by atoms with Crippen LogP contribution in [-0.2, 0) is 0 Å². The highest BCUT2D eigenvalue weighted by Gasteiger charge is 2.16. The molecule has 1 aliphatic heterocycles. The molecule has 1 heterocycles. The third-order valence-electron chi connectivity index (χ3n) is 3.28. The molecule has 1 saturated heterocycles. The van der Waals surface area contributed by atoms with Gasteiger partial charge in [-0.25, -0.2) is 5.84 Å². The minimum atomic E-state index is -0.358. The van der Waals surface area contributed by atoms with E-state index < -0.39 is 0 Å². The molecule has 1 aliphatic rings. The minimum Gasteiger partial charge on any atom is -0.398 e. The molecule has 0 aromatic heterocycles. The van der Waals surface area contributed by atoms with Gasteiger partial charge in [0.05, 0.1) is 5.56 Å². The van der Waals surface area contributed by atoms with Crippen LogP contribution in [0.15, 0.2) is 18.2 Å². The number of amides is 1. The van der Waals surface area contributed by atoms with Crippen LogP contribution >= 0.6 is 0 Å². The van der Waals surface area contributed by atoms with E-state index in [4.69, 9.17) is 11.6 Å². The molecule has 5 N–H and O–H groups in total. The Morgan fingerprint density at radius 2 is 1.94 bits per heavy atom. The lowest BCUT2D eigenvalue weighted by Crippen LogP contribution is -2.44. The molecular weight excluding hydrogens is 230 g/mol. The van der Waals surface area contributed by atoms with Crippen molar-refractivity contribution in [3.63, 3.8) is 0 Å². The molecule has 0 spiro atoms. The number of nitrogens with one attached hydrogen (secondary N) is 1. The van der Waals surface area contributed by atoms with E-state index in [2.05, 4.69) is 22.3 Å². The van der Waals surface area contributed by atoms with E-state index in [0.29, 0.717) is 11.3 Å². The van der Waals surface area contributed by atoms with Gasteiger partial charge in [0, 0.05) is 37.6 Å². The summed E-state index contributed by atoms with van der Waals surface area (Å²) in [6.07, 6.45) is 0. The minimum absolute atomic E-state index is 0.358. The molecule has 2 rings (SSSR count). The van der Waals surface area contributed by atoms with Gasteiger partial charge in [0.15, 0.2) is 0 Å². The van der Waals surface area contributed by atoms with Crippen molar-refractivity contribution in [3.8, 4) is 0 Å². The highest BCUT2D eigenvalue weighted by atomic mass is 16.2. The number of carbonyl (C=O) groups is 1. The van der Waals surface area contributed by atoms with Crippen molar-refractivity contribution in [1.82, 2.24) is 10.3 Å². The Balaban J connectivity index is 2.21. The fourth-order valence-electron chi connectivity index (χ4n) is 2.08. The van der Waals surface area contributed by atoms with Crippen LogP contribution in [0.1, 0.15) is 10.4 Å². The zero-order chi connectivity index (χ0) is 13.1. The number of anilines is 2. The van der Waals surface area contributed by atoms with Crippen LogP contribution in [-0.4, -0.2) is 44.0 Å². The number of hydrogen-bond donors (Lipinski definition) is 3. The molecule has 0 atom stereocenters. The zero-order valence-corrected chi connectivity index (χ0v) is 10.5. The number of benzene rings is 1. The van der Waals surface area contributed by atoms with Gasteiger partial charge in [-0.2, -0.15) is 0 Å². The Labute approximate surface area is 106 Å². The molecule has 98 valence electrons. The number of carbonyl (C=O) groups excluding carboxylic acids is 1. The van der Waals surface area contributed by atoms with E-state index in [-0.39, 0.29) is 5.91 Å². The number of nitrogens with two attached hydrogens (primary N) is 2. The lowest BCUT2D eigenvalue weighted by Gasteiger charge is -2.34. The van der Waals surface area contributed by atoms with Gasteiger partial charge >= 0.3 is 0 Å². The summed E-state index contributed by atoms with van der Waals surface area (Å²) >= 11 is 0. The number of hydrazine groups is 1. The van der Waals surface area contributed by atoms with Crippen LogP contribution in [0.25, 0.3) is 0 Å². The summed E-state index contributed by atoms with van der Waals surface area (Å²) in [6, 6.07) is 5.48. The molecule has 6 heteroatoms. The Kier molecular flexibility index (Phi) is 3.69. The van der Waals surface area contributed by atoms with Crippen molar-refractivity contribution in [2.75, 3.05) is 43.9 Å². The zero-order valence-electron chi connectivity index (χ0n) is 10.5. The predicted octanol–water partition coefficient (Wildman–Crippen LogP) is -0.376. The third kappa shape index (κ3) is 2.55. The summed E-state index contributed by atoms with van der Waals surface area (Å²) < 4.78 is 0. The number of piperazine rings is 1. The first-order valence-corrected chi connectivity index (χ1v) is 5.96. The molecular formula is C12H19N5O. The Hall–Kier alpha value is -1.79. The summed E-state index contributed by atoms with van der Waals surface area (Å²) in [5.41, 5.74) is 9.76. The highest BCUT2D eigenvalue weighted by Crippen LogP contribution is 2.22. The number of likely N-dealkylation sites (N-methyl/N-ethyl adjacent to an activating group) is 1. The summed E-state index contributed by atoms with van der Waals surface area (Å²) in [7, 11) is 2.10. The van der Waals surface area contributed by atoms with Crippen molar-refractivity contribution in [2.24, 2.45) is 5.84 Å². The number of nitrogen functional groups attached to an aromatic ring is 2. The fourth-order valence-corrected chi connectivity index (χ4v) is 2.08. The maximum atomic E-state index is 11.6. The molecule has 1 amide bonds. The quantitative estimate of drug-likeness (QED) is 0.288. The molecule has 0 radical (unpaired) electrons. The Morgan fingerprint density at radius 3 is 2.56 bits per heavy atom. The summed E-state index contributed by atoms with van der Waals surface area (Å²) in [6.45, 7) is 3.93. The summed E-state index contributed by atoms with van der Waals surface area (Å²) in [5, 5.41) is 0. The second-order valence-electron chi connectivity index (χ2n) is 4.54. The highest BCUT2D eigenvalue weighted by molar-refractivity contribution is 5.99. The fraction of sp³-hybridized carbons (Fsp3) is 0.417. The summed E-state index contributed by atoms with van der Waals surface area (Å²) in [5.74, 6) is 4.79. The average molecular weight is 249 g/mol. The maximum absolute atomic E-state index is 11.6. The molecule has 1 aromatic rings. The average Bonchev–Trinajstić information content (AvgIpc) is 2.39. The van der Waals surface area contributed by atoms with E-state index >= 15 is 0 Å². The van der Waals surface area contributed by atoms with Crippen LogP contribution in [0, 0.1) is 0 Å². The summed E-state index contributed by atoms with van der Waals surface area (Å²) in [4.78, 5) is 16.1. The van der Waals surface area contributed by atoms with Crippen molar-refractivity contribution in [2.45, 2.75) is 0 Å². The van der Waals surface area contributed by atoms with Crippen molar-refractivity contribution in [3.05, 3.63) is 23.8 Å². The maximum Gasteiger partial charge on any atom is 0.267 e. The molecule has 0 unspecified atom stereocenters. The monoisotopic (exact) mass is 249 g/mol. The topological polar surface area (TPSA) is 87.6 Å². The van der Waals surface area contributed by atoms with Crippen molar-refractivity contribution < 1.29 is 4.79 Å². The van der Waals surface area contributed by atoms with Gasteiger partial charge in [-0.15, -0.1) is 0 Å². The van der Waals surface area contributed by atoms with Crippen LogP contribution in [0.2, 0.25) is 0 Å². The lowest BCUT2D eigenvalue weighted by atomic mass is 10.1. The standard InChI is InChI=1S/C12H19N5O/c1-16-4-6-17(7-5-16)9-2-3-11(13)10(8-9)12(18)15-14/h2-3,8H,4-7,13-14H2,1H3,(H,15,18). The first kappa shape index (κ1) is 12.7. The van der Waals surface area contributed by atoms with E-state index in [1.165, 1.54) is 0 Å². The molecule has 0 bridgehead atoms. The first-order chi connectivity index (χ1) is 8.61. The second kappa shape index (κ2) is 5.24. The molecule has 0 saturated carbocycles. The Morgan fingerprint density at radius 1 is 1.28 bits per heavy atom. The third-order valence-corrected chi connectivity index (χ3v) is 3.28. The van der Waals surface area contributed by atoms with Gasteiger partial charge in [-0.3, -0.25) is 10.2 Å².